The second-order valence-electron chi connectivity index (χ2n) is 5.54. The van der Waals surface area contributed by atoms with Gasteiger partial charge < -0.3 is 19.9 Å². The van der Waals surface area contributed by atoms with Crippen LogP contribution in [0.4, 0.5) is 0 Å². The van der Waals surface area contributed by atoms with E-state index in [4.69, 9.17) is 9.47 Å². The summed E-state index contributed by atoms with van der Waals surface area (Å²) < 4.78 is 10.3. The molecular weight excluding hydrogens is 270 g/mol. The van der Waals surface area contributed by atoms with Crippen molar-refractivity contribution < 1.29 is 19.4 Å². The van der Waals surface area contributed by atoms with Gasteiger partial charge in [0.2, 0.25) is 0 Å². The first-order valence-corrected chi connectivity index (χ1v) is 7.30. The summed E-state index contributed by atoms with van der Waals surface area (Å²) in [6.45, 7) is 0.292. The third-order valence-electron chi connectivity index (χ3n) is 4.01. The van der Waals surface area contributed by atoms with E-state index in [1.54, 1.807) is 25.3 Å². The Hall–Kier alpha value is -1.75. The van der Waals surface area contributed by atoms with Crippen LogP contribution in [0.3, 0.4) is 0 Å². The third kappa shape index (κ3) is 3.88. The van der Waals surface area contributed by atoms with Gasteiger partial charge >= 0.3 is 0 Å². The highest BCUT2D eigenvalue weighted by Gasteiger charge is 2.29. The summed E-state index contributed by atoms with van der Waals surface area (Å²) in [6.07, 6.45) is 4.69. The molecule has 0 aromatic heterocycles. The van der Waals surface area contributed by atoms with Gasteiger partial charge in [0.15, 0.2) is 11.5 Å². The Balaban J connectivity index is 2.00. The Labute approximate surface area is 125 Å². The minimum absolute atomic E-state index is 0.213. The fourth-order valence-electron chi connectivity index (χ4n) is 2.71. The van der Waals surface area contributed by atoms with Gasteiger partial charge in [0.05, 0.1) is 19.8 Å². The van der Waals surface area contributed by atoms with Crippen LogP contribution in [0, 0.1) is 0 Å². The summed E-state index contributed by atoms with van der Waals surface area (Å²) in [5, 5.41) is 13.2. The van der Waals surface area contributed by atoms with Crippen LogP contribution in [-0.4, -0.2) is 37.4 Å². The van der Waals surface area contributed by atoms with E-state index in [9.17, 15) is 9.90 Å². The van der Waals surface area contributed by atoms with Crippen LogP contribution in [0.15, 0.2) is 18.2 Å². The number of rotatable bonds is 5. The monoisotopic (exact) mass is 293 g/mol. The highest BCUT2D eigenvalue weighted by molar-refractivity contribution is 5.94. The van der Waals surface area contributed by atoms with Gasteiger partial charge in [0.1, 0.15) is 0 Å². The van der Waals surface area contributed by atoms with Gasteiger partial charge in [-0.1, -0.05) is 19.3 Å². The number of methoxy groups -OCH3 is 2. The van der Waals surface area contributed by atoms with E-state index in [0.717, 1.165) is 32.1 Å². The van der Waals surface area contributed by atoms with Crippen molar-refractivity contribution >= 4 is 5.91 Å². The van der Waals surface area contributed by atoms with Crippen molar-refractivity contribution in [3.63, 3.8) is 0 Å². The van der Waals surface area contributed by atoms with Crippen molar-refractivity contribution in [1.29, 1.82) is 0 Å². The van der Waals surface area contributed by atoms with Crippen LogP contribution in [0.1, 0.15) is 42.5 Å². The maximum atomic E-state index is 12.2. The molecular formula is C16H23NO4. The molecule has 0 aliphatic heterocycles. The smallest absolute Gasteiger partial charge is 0.251 e. The van der Waals surface area contributed by atoms with Gasteiger partial charge in [-0.25, -0.2) is 0 Å². The molecule has 1 amide bonds. The molecule has 0 heterocycles. The number of aliphatic hydroxyl groups is 1. The lowest BCUT2D eigenvalue weighted by Crippen LogP contribution is -2.44. The number of benzene rings is 1. The molecule has 0 bridgehead atoms. The first kappa shape index (κ1) is 15.6. The Kier molecular flexibility index (Phi) is 5.07. The molecule has 0 atom stereocenters. The van der Waals surface area contributed by atoms with Crippen molar-refractivity contribution in [2.45, 2.75) is 37.7 Å². The fraction of sp³-hybridized carbons (Fsp3) is 0.562. The first-order valence-electron chi connectivity index (χ1n) is 7.30. The van der Waals surface area contributed by atoms with Crippen molar-refractivity contribution in [1.82, 2.24) is 5.32 Å². The zero-order chi connectivity index (χ0) is 15.3. The van der Waals surface area contributed by atoms with E-state index in [1.165, 1.54) is 7.11 Å². The van der Waals surface area contributed by atoms with E-state index < -0.39 is 5.60 Å². The van der Waals surface area contributed by atoms with E-state index in [-0.39, 0.29) is 5.91 Å². The van der Waals surface area contributed by atoms with Gasteiger partial charge in [0.25, 0.3) is 5.91 Å². The molecule has 1 aromatic carbocycles. The summed E-state index contributed by atoms with van der Waals surface area (Å²) in [5.41, 5.74) is -0.267. The molecule has 1 aliphatic carbocycles. The second-order valence-corrected chi connectivity index (χ2v) is 5.54. The quantitative estimate of drug-likeness (QED) is 0.872. The Bertz CT molecular complexity index is 495. The summed E-state index contributed by atoms with van der Waals surface area (Å²) in [4.78, 5) is 12.2. The topological polar surface area (TPSA) is 67.8 Å². The van der Waals surface area contributed by atoms with Gasteiger partial charge in [-0.15, -0.1) is 0 Å². The Morgan fingerprint density at radius 3 is 2.48 bits per heavy atom. The highest BCUT2D eigenvalue weighted by atomic mass is 16.5. The molecule has 1 fully saturated rings. The minimum atomic E-state index is -0.759. The van der Waals surface area contributed by atoms with Gasteiger partial charge in [-0.2, -0.15) is 0 Å². The Morgan fingerprint density at radius 2 is 1.86 bits per heavy atom. The molecule has 5 heteroatoms. The van der Waals surface area contributed by atoms with Crippen LogP contribution in [0.5, 0.6) is 11.5 Å². The average Bonchev–Trinajstić information content (AvgIpc) is 2.52. The van der Waals surface area contributed by atoms with E-state index in [1.807, 2.05) is 0 Å². The maximum absolute atomic E-state index is 12.2. The summed E-state index contributed by atoms with van der Waals surface area (Å²) in [5.74, 6) is 0.886. The van der Waals surface area contributed by atoms with Crippen molar-refractivity contribution in [2.24, 2.45) is 0 Å². The molecule has 0 unspecified atom stereocenters. The lowest BCUT2D eigenvalue weighted by molar-refractivity contribution is 0.00525. The number of carbonyl (C=O) groups excluding carboxylic acids is 1. The molecule has 1 aliphatic rings. The second kappa shape index (κ2) is 6.80. The molecule has 5 nitrogen and oxygen atoms in total. The SMILES string of the molecule is COc1ccc(C(=O)NCC2(O)CCCCC2)cc1OC. The van der Waals surface area contributed by atoms with E-state index >= 15 is 0 Å². The Morgan fingerprint density at radius 1 is 1.19 bits per heavy atom. The van der Waals surface area contributed by atoms with Crippen LogP contribution in [0.25, 0.3) is 0 Å². The molecule has 2 rings (SSSR count). The zero-order valence-corrected chi connectivity index (χ0v) is 12.6. The number of carbonyl (C=O) groups is 1. The van der Waals surface area contributed by atoms with Crippen LogP contribution in [0.2, 0.25) is 0 Å². The predicted molar refractivity (Wildman–Crippen MR) is 79.9 cm³/mol. The first-order chi connectivity index (χ1) is 10.1. The van der Waals surface area contributed by atoms with Gasteiger partial charge in [0, 0.05) is 12.1 Å². The normalized spacial score (nSPS) is 17.1. The maximum Gasteiger partial charge on any atom is 0.251 e. The number of hydrogen-bond donors (Lipinski definition) is 2. The number of amides is 1. The van der Waals surface area contributed by atoms with Gasteiger partial charge in [-0.05, 0) is 31.0 Å². The molecule has 116 valence electrons. The lowest BCUT2D eigenvalue weighted by atomic mass is 9.85. The van der Waals surface area contributed by atoms with Crippen molar-refractivity contribution in [3.8, 4) is 11.5 Å². The lowest BCUT2D eigenvalue weighted by Gasteiger charge is -2.32. The standard InChI is InChI=1S/C16H23NO4/c1-20-13-7-6-12(10-14(13)21-2)15(18)17-11-16(19)8-4-3-5-9-16/h6-7,10,19H,3-5,8-9,11H2,1-2H3,(H,17,18). The van der Waals surface area contributed by atoms with Gasteiger partial charge in [-0.3, -0.25) is 4.79 Å². The van der Waals surface area contributed by atoms with Crippen LogP contribution >= 0.6 is 0 Å². The third-order valence-corrected chi connectivity index (χ3v) is 4.01. The van der Waals surface area contributed by atoms with Crippen LogP contribution < -0.4 is 14.8 Å². The molecule has 21 heavy (non-hydrogen) atoms. The van der Waals surface area contributed by atoms with E-state index in [0.29, 0.717) is 23.6 Å². The van der Waals surface area contributed by atoms with Crippen molar-refractivity contribution in [3.05, 3.63) is 23.8 Å². The zero-order valence-electron chi connectivity index (χ0n) is 12.6. The molecule has 0 radical (unpaired) electrons. The fourth-order valence-corrected chi connectivity index (χ4v) is 2.71. The van der Waals surface area contributed by atoms with Crippen LogP contribution in [-0.2, 0) is 0 Å². The summed E-state index contributed by atoms with van der Waals surface area (Å²) in [6, 6.07) is 5.02. The summed E-state index contributed by atoms with van der Waals surface area (Å²) >= 11 is 0. The average molecular weight is 293 g/mol. The minimum Gasteiger partial charge on any atom is -0.493 e. The molecule has 0 spiro atoms. The molecule has 2 N–H and O–H groups in total. The number of ether oxygens (including phenoxy) is 2. The highest BCUT2D eigenvalue weighted by Crippen LogP contribution is 2.29. The van der Waals surface area contributed by atoms with E-state index in [2.05, 4.69) is 5.32 Å². The number of hydrogen-bond acceptors (Lipinski definition) is 4. The summed E-state index contributed by atoms with van der Waals surface area (Å²) in [7, 11) is 3.08. The molecule has 1 saturated carbocycles. The molecule has 1 aromatic rings. The largest absolute Gasteiger partial charge is 0.493 e. The van der Waals surface area contributed by atoms with Crippen molar-refractivity contribution in [2.75, 3.05) is 20.8 Å². The number of nitrogens with one attached hydrogen (secondary N) is 1. The molecule has 0 saturated heterocycles. The predicted octanol–water partition coefficient (Wildman–Crippen LogP) is 2.13.